The molecule has 5 nitrogen and oxygen atoms in total. The molecule has 2 aliphatic rings. The second-order valence-corrected chi connectivity index (χ2v) is 7.02. The monoisotopic (exact) mass is 325 g/mol. The van der Waals surface area contributed by atoms with Crippen LogP contribution in [0.1, 0.15) is 37.2 Å². The Morgan fingerprint density at radius 3 is 2.91 bits per heavy atom. The number of piperazine rings is 1. The van der Waals surface area contributed by atoms with E-state index in [-0.39, 0.29) is 6.29 Å². The highest BCUT2D eigenvalue weighted by Crippen LogP contribution is 2.23. The standard InChI is InChI=1S/C16H27N3O2S/c1-14(16-17-5-13-22-16)19-8-6-18(7-9-19)10-12-21-15-4-2-3-11-20-15/h5,13-15H,2-4,6-12H2,1H3/t14-,15+/m0/s1. The van der Waals surface area contributed by atoms with Crippen molar-refractivity contribution in [2.75, 3.05) is 45.9 Å². The molecule has 1 aromatic rings. The van der Waals surface area contributed by atoms with Crippen molar-refractivity contribution in [2.45, 2.75) is 38.5 Å². The van der Waals surface area contributed by atoms with E-state index in [1.165, 1.54) is 17.8 Å². The Morgan fingerprint density at radius 2 is 2.23 bits per heavy atom. The van der Waals surface area contributed by atoms with Gasteiger partial charge >= 0.3 is 0 Å². The van der Waals surface area contributed by atoms with E-state index >= 15 is 0 Å². The molecule has 6 heteroatoms. The van der Waals surface area contributed by atoms with Crippen LogP contribution in [0.2, 0.25) is 0 Å². The normalized spacial score (nSPS) is 26.1. The molecule has 2 saturated heterocycles. The lowest BCUT2D eigenvalue weighted by Gasteiger charge is -2.37. The van der Waals surface area contributed by atoms with Crippen LogP contribution in [0.5, 0.6) is 0 Å². The van der Waals surface area contributed by atoms with E-state index in [0.29, 0.717) is 6.04 Å². The molecular formula is C16H27N3O2S. The summed E-state index contributed by atoms with van der Waals surface area (Å²) in [5.41, 5.74) is 0. The van der Waals surface area contributed by atoms with Crippen molar-refractivity contribution >= 4 is 11.3 Å². The molecule has 2 aliphatic heterocycles. The van der Waals surface area contributed by atoms with E-state index in [4.69, 9.17) is 9.47 Å². The zero-order chi connectivity index (χ0) is 15.2. The molecule has 22 heavy (non-hydrogen) atoms. The molecule has 2 atom stereocenters. The quantitative estimate of drug-likeness (QED) is 0.803. The summed E-state index contributed by atoms with van der Waals surface area (Å²) in [5.74, 6) is 0. The summed E-state index contributed by atoms with van der Waals surface area (Å²) in [7, 11) is 0. The van der Waals surface area contributed by atoms with Crippen LogP contribution >= 0.6 is 11.3 Å². The fourth-order valence-corrected chi connectivity index (χ4v) is 3.86. The highest BCUT2D eigenvalue weighted by molar-refractivity contribution is 7.09. The smallest absolute Gasteiger partial charge is 0.157 e. The fourth-order valence-electron chi connectivity index (χ4n) is 3.13. The van der Waals surface area contributed by atoms with Crippen LogP contribution in [0, 0.1) is 0 Å². The van der Waals surface area contributed by atoms with Gasteiger partial charge in [-0.25, -0.2) is 4.98 Å². The number of aromatic nitrogens is 1. The SMILES string of the molecule is C[C@@H](c1nccs1)N1CCN(CCO[C@@H]2CCCCO2)CC1. The van der Waals surface area contributed by atoms with Gasteiger partial charge in [0.2, 0.25) is 0 Å². The van der Waals surface area contributed by atoms with Crippen LogP contribution in [0.3, 0.4) is 0 Å². The molecule has 124 valence electrons. The minimum absolute atomic E-state index is 0.0416. The van der Waals surface area contributed by atoms with Crippen LogP contribution in [0.4, 0.5) is 0 Å². The molecule has 0 aliphatic carbocycles. The lowest BCUT2D eigenvalue weighted by Crippen LogP contribution is -2.48. The Hall–Kier alpha value is -0.530. The number of thiazole rings is 1. The zero-order valence-corrected chi connectivity index (χ0v) is 14.3. The minimum atomic E-state index is 0.0416. The van der Waals surface area contributed by atoms with Gasteiger partial charge in [-0.1, -0.05) is 0 Å². The maximum absolute atomic E-state index is 5.83. The highest BCUT2D eigenvalue weighted by Gasteiger charge is 2.23. The Balaban J connectivity index is 1.33. The summed E-state index contributed by atoms with van der Waals surface area (Å²) in [6.07, 6.45) is 5.41. The van der Waals surface area contributed by atoms with Crippen LogP contribution < -0.4 is 0 Å². The minimum Gasteiger partial charge on any atom is -0.353 e. The van der Waals surface area contributed by atoms with Crippen LogP contribution in [-0.2, 0) is 9.47 Å². The van der Waals surface area contributed by atoms with E-state index in [1.54, 1.807) is 11.3 Å². The zero-order valence-electron chi connectivity index (χ0n) is 13.4. The molecule has 0 aromatic carbocycles. The molecule has 2 fully saturated rings. The Labute approximate surface area is 137 Å². The second-order valence-electron chi connectivity index (χ2n) is 6.09. The number of ether oxygens (including phenoxy) is 2. The number of rotatable bonds is 6. The lowest BCUT2D eigenvalue weighted by molar-refractivity contribution is -0.164. The summed E-state index contributed by atoms with van der Waals surface area (Å²) in [6, 6.07) is 0.439. The van der Waals surface area contributed by atoms with Gasteiger partial charge in [0.15, 0.2) is 6.29 Å². The summed E-state index contributed by atoms with van der Waals surface area (Å²) >= 11 is 1.75. The highest BCUT2D eigenvalue weighted by atomic mass is 32.1. The first kappa shape index (κ1) is 16.3. The number of hydrogen-bond acceptors (Lipinski definition) is 6. The van der Waals surface area contributed by atoms with Gasteiger partial charge in [-0.2, -0.15) is 0 Å². The van der Waals surface area contributed by atoms with Crippen molar-refractivity contribution in [3.05, 3.63) is 16.6 Å². The van der Waals surface area contributed by atoms with Gasteiger partial charge in [-0.05, 0) is 26.2 Å². The molecule has 0 unspecified atom stereocenters. The van der Waals surface area contributed by atoms with Crippen LogP contribution in [0.25, 0.3) is 0 Å². The van der Waals surface area contributed by atoms with Crippen LogP contribution in [-0.4, -0.2) is 67.0 Å². The molecule has 0 saturated carbocycles. The molecular weight excluding hydrogens is 298 g/mol. The van der Waals surface area contributed by atoms with Gasteiger partial charge in [0, 0.05) is 50.9 Å². The topological polar surface area (TPSA) is 37.8 Å². The van der Waals surface area contributed by atoms with Gasteiger partial charge in [0.1, 0.15) is 5.01 Å². The molecule has 3 rings (SSSR count). The van der Waals surface area contributed by atoms with Crippen molar-refractivity contribution in [1.82, 2.24) is 14.8 Å². The van der Waals surface area contributed by atoms with E-state index < -0.39 is 0 Å². The largest absolute Gasteiger partial charge is 0.353 e. The molecule has 0 radical (unpaired) electrons. The van der Waals surface area contributed by atoms with Gasteiger partial charge in [0.25, 0.3) is 0 Å². The predicted molar refractivity (Wildman–Crippen MR) is 88.1 cm³/mol. The fraction of sp³-hybridized carbons (Fsp3) is 0.812. The first-order valence-corrected chi connectivity index (χ1v) is 9.30. The van der Waals surface area contributed by atoms with Crippen molar-refractivity contribution in [3.63, 3.8) is 0 Å². The second kappa shape index (κ2) is 8.36. The predicted octanol–water partition coefficient (Wildman–Crippen LogP) is 2.36. The van der Waals surface area contributed by atoms with Gasteiger partial charge in [-0.3, -0.25) is 9.80 Å². The van der Waals surface area contributed by atoms with E-state index in [2.05, 4.69) is 27.1 Å². The summed E-state index contributed by atoms with van der Waals surface area (Å²) in [4.78, 5) is 9.46. The van der Waals surface area contributed by atoms with E-state index in [0.717, 1.165) is 52.4 Å². The molecule has 0 spiro atoms. The van der Waals surface area contributed by atoms with Crippen molar-refractivity contribution in [2.24, 2.45) is 0 Å². The molecule has 0 N–H and O–H groups in total. The summed E-state index contributed by atoms with van der Waals surface area (Å²) in [6.45, 7) is 9.37. The number of nitrogens with zero attached hydrogens (tertiary/aromatic N) is 3. The molecule has 1 aromatic heterocycles. The Kier molecular flexibility index (Phi) is 6.20. The third-order valence-corrected chi connectivity index (χ3v) is 5.56. The third kappa shape index (κ3) is 4.49. The Bertz CT molecular complexity index is 415. The van der Waals surface area contributed by atoms with Crippen molar-refractivity contribution < 1.29 is 9.47 Å². The third-order valence-electron chi connectivity index (χ3n) is 4.61. The first-order chi connectivity index (χ1) is 10.8. The lowest BCUT2D eigenvalue weighted by atomic mass is 10.2. The average molecular weight is 325 g/mol. The van der Waals surface area contributed by atoms with E-state index in [9.17, 15) is 0 Å². The van der Waals surface area contributed by atoms with Gasteiger partial charge in [-0.15, -0.1) is 11.3 Å². The van der Waals surface area contributed by atoms with Gasteiger partial charge < -0.3 is 9.47 Å². The Morgan fingerprint density at radius 1 is 1.36 bits per heavy atom. The summed E-state index contributed by atoms with van der Waals surface area (Å²) in [5, 5.41) is 3.29. The van der Waals surface area contributed by atoms with Crippen molar-refractivity contribution in [3.8, 4) is 0 Å². The number of hydrogen-bond donors (Lipinski definition) is 0. The molecule has 3 heterocycles. The maximum atomic E-state index is 5.83. The van der Waals surface area contributed by atoms with E-state index in [1.807, 2.05) is 6.20 Å². The van der Waals surface area contributed by atoms with Crippen LogP contribution in [0.15, 0.2) is 11.6 Å². The van der Waals surface area contributed by atoms with Crippen molar-refractivity contribution in [1.29, 1.82) is 0 Å². The first-order valence-electron chi connectivity index (χ1n) is 8.42. The molecule has 0 bridgehead atoms. The maximum Gasteiger partial charge on any atom is 0.157 e. The average Bonchev–Trinajstić information content (AvgIpc) is 3.10. The van der Waals surface area contributed by atoms with Gasteiger partial charge in [0.05, 0.1) is 12.6 Å². The summed E-state index contributed by atoms with van der Waals surface area (Å²) < 4.78 is 11.4. The molecule has 0 amide bonds.